The molecule has 0 bridgehead atoms. The quantitative estimate of drug-likeness (QED) is 0.806. The molecular formula is C15H10ClFN4O. The van der Waals surface area contributed by atoms with Crippen molar-refractivity contribution in [2.24, 2.45) is 0 Å². The number of amides is 1. The largest absolute Gasteiger partial charge is 0.322 e. The van der Waals surface area contributed by atoms with E-state index in [0.29, 0.717) is 16.9 Å². The molecule has 0 atom stereocenters. The summed E-state index contributed by atoms with van der Waals surface area (Å²) < 4.78 is 14.8. The van der Waals surface area contributed by atoms with Crippen molar-refractivity contribution >= 4 is 23.2 Å². The molecule has 0 spiro atoms. The molecule has 0 saturated carbocycles. The maximum atomic E-state index is 13.3. The van der Waals surface area contributed by atoms with E-state index >= 15 is 0 Å². The van der Waals surface area contributed by atoms with Gasteiger partial charge in [-0.2, -0.15) is 0 Å². The number of aromatic nitrogens is 3. The smallest absolute Gasteiger partial charge is 0.255 e. The van der Waals surface area contributed by atoms with E-state index in [2.05, 4.69) is 15.6 Å². The molecule has 0 aliphatic heterocycles. The molecule has 1 N–H and O–H groups in total. The van der Waals surface area contributed by atoms with Gasteiger partial charge in [0.15, 0.2) is 0 Å². The standard InChI is InChI=1S/C15H10ClFN4O/c16-11-7-12(17)9-13(8-11)19-15(22)10-2-1-3-14(6-10)21-5-4-18-20-21/h1-9H,(H,19,22). The van der Waals surface area contributed by atoms with Crippen molar-refractivity contribution in [3.63, 3.8) is 0 Å². The van der Waals surface area contributed by atoms with Gasteiger partial charge in [0.2, 0.25) is 0 Å². The van der Waals surface area contributed by atoms with Crippen LogP contribution in [-0.2, 0) is 0 Å². The van der Waals surface area contributed by atoms with Crippen LogP contribution in [0.15, 0.2) is 54.9 Å². The third kappa shape index (κ3) is 3.12. The molecule has 3 aromatic rings. The number of halogens is 2. The van der Waals surface area contributed by atoms with Crippen molar-refractivity contribution in [2.75, 3.05) is 5.32 Å². The van der Waals surface area contributed by atoms with E-state index in [1.807, 2.05) is 0 Å². The lowest BCUT2D eigenvalue weighted by Gasteiger charge is -2.07. The number of hydrogen-bond acceptors (Lipinski definition) is 3. The highest BCUT2D eigenvalue weighted by Crippen LogP contribution is 2.19. The lowest BCUT2D eigenvalue weighted by molar-refractivity contribution is 0.102. The van der Waals surface area contributed by atoms with Gasteiger partial charge in [0.05, 0.1) is 18.1 Å². The predicted molar refractivity (Wildman–Crippen MR) is 80.7 cm³/mol. The zero-order valence-electron chi connectivity index (χ0n) is 11.2. The van der Waals surface area contributed by atoms with Gasteiger partial charge >= 0.3 is 0 Å². The van der Waals surface area contributed by atoms with Crippen molar-refractivity contribution in [1.82, 2.24) is 15.0 Å². The van der Waals surface area contributed by atoms with Gasteiger partial charge in [-0.05, 0) is 36.4 Å². The van der Waals surface area contributed by atoms with Gasteiger partial charge in [-0.15, -0.1) is 5.10 Å². The van der Waals surface area contributed by atoms with E-state index in [9.17, 15) is 9.18 Å². The number of carbonyl (C=O) groups excluding carboxylic acids is 1. The highest BCUT2D eigenvalue weighted by Gasteiger charge is 2.09. The number of nitrogens with one attached hydrogen (secondary N) is 1. The lowest BCUT2D eigenvalue weighted by atomic mass is 10.2. The summed E-state index contributed by atoms with van der Waals surface area (Å²) >= 11 is 5.76. The Kier molecular flexibility index (Phi) is 3.84. The minimum atomic E-state index is -0.515. The first kappa shape index (κ1) is 14.2. The topological polar surface area (TPSA) is 59.8 Å². The summed E-state index contributed by atoms with van der Waals surface area (Å²) in [4.78, 5) is 12.2. The summed E-state index contributed by atoms with van der Waals surface area (Å²) in [5.74, 6) is -0.886. The molecule has 0 radical (unpaired) electrons. The van der Waals surface area contributed by atoms with E-state index in [4.69, 9.17) is 11.6 Å². The molecule has 1 amide bonds. The molecular weight excluding hydrogens is 307 g/mol. The Hall–Kier alpha value is -2.73. The molecule has 2 aromatic carbocycles. The fraction of sp³-hybridized carbons (Fsp3) is 0. The number of carbonyl (C=O) groups is 1. The van der Waals surface area contributed by atoms with Gasteiger partial charge in [0, 0.05) is 16.3 Å². The lowest BCUT2D eigenvalue weighted by Crippen LogP contribution is -2.12. The van der Waals surface area contributed by atoms with E-state index in [-0.39, 0.29) is 10.9 Å². The Bertz CT molecular complexity index is 800. The molecule has 7 heteroatoms. The first-order valence-corrected chi connectivity index (χ1v) is 6.74. The number of anilines is 1. The van der Waals surface area contributed by atoms with Crippen LogP contribution in [0.5, 0.6) is 0 Å². The molecule has 1 aromatic heterocycles. The van der Waals surface area contributed by atoms with Crippen molar-refractivity contribution < 1.29 is 9.18 Å². The van der Waals surface area contributed by atoms with Crippen LogP contribution >= 0.6 is 11.6 Å². The first-order chi connectivity index (χ1) is 10.6. The Morgan fingerprint density at radius 2 is 2.09 bits per heavy atom. The van der Waals surface area contributed by atoms with E-state index in [1.165, 1.54) is 22.9 Å². The van der Waals surface area contributed by atoms with Crippen molar-refractivity contribution in [3.05, 3.63) is 71.3 Å². The Balaban J connectivity index is 1.85. The minimum Gasteiger partial charge on any atom is -0.322 e. The van der Waals surface area contributed by atoms with Gasteiger partial charge in [-0.3, -0.25) is 4.79 Å². The second-order valence-corrected chi connectivity index (χ2v) is 4.95. The SMILES string of the molecule is O=C(Nc1cc(F)cc(Cl)c1)c1cccc(-n2ccnn2)c1. The summed E-state index contributed by atoms with van der Waals surface area (Å²) in [5, 5.41) is 10.4. The third-order valence-corrected chi connectivity index (χ3v) is 3.13. The highest BCUT2D eigenvalue weighted by molar-refractivity contribution is 6.31. The molecule has 0 aliphatic rings. The van der Waals surface area contributed by atoms with Crippen LogP contribution in [0, 0.1) is 5.82 Å². The summed E-state index contributed by atoms with van der Waals surface area (Å²) in [6, 6.07) is 10.7. The van der Waals surface area contributed by atoms with Gasteiger partial charge in [0.25, 0.3) is 5.91 Å². The molecule has 5 nitrogen and oxygen atoms in total. The zero-order chi connectivity index (χ0) is 15.5. The molecule has 3 rings (SSSR count). The monoisotopic (exact) mass is 316 g/mol. The van der Waals surface area contributed by atoms with Crippen LogP contribution in [0.25, 0.3) is 5.69 Å². The number of rotatable bonds is 3. The molecule has 0 saturated heterocycles. The second kappa shape index (κ2) is 5.95. The normalized spacial score (nSPS) is 10.5. The first-order valence-electron chi connectivity index (χ1n) is 6.36. The highest BCUT2D eigenvalue weighted by atomic mass is 35.5. The van der Waals surface area contributed by atoms with Gasteiger partial charge in [0.1, 0.15) is 5.82 Å². The van der Waals surface area contributed by atoms with Crippen LogP contribution < -0.4 is 5.32 Å². The van der Waals surface area contributed by atoms with Crippen LogP contribution in [-0.4, -0.2) is 20.9 Å². The zero-order valence-corrected chi connectivity index (χ0v) is 12.0. The molecule has 0 fully saturated rings. The Morgan fingerprint density at radius 3 is 2.82 bits per heavy atom. The average Bonchev–Trinajstić information content (AvgIpc) is 3.00. The van der Waals surface area contributed by atoms with Crippen molar-refractivity contribution in [2.45, 2.75) is 0 Å². The van der Waals surface area contributed by atoms with Crippen molar-refractivity contribution in [3.8, 4) is 5.69 Å². The molecule has 22 heavy (non-hydrogen) atoms. The average molecular weight is 317 g/mol. The number of benzene rings is 2. The van der Waals surface area contributed by atoms with E-state index < -0.39 is 5.82 Å². The maximum absolute atomic E-state index is 13.3. The number of nitrogens with zero attached hydrogens (tertiary/aromatic N) is 3. The van der Waals surface area contributed by atoms with Crippen LogP contribution in [0.2, 0.25) is 5.02 Å². The predicted octanol–water partition coefficient (Wildman–Crippen LogP) is 3.31. The van der Waals surface area contributed by atoms with E-state index in [1.54, 1.807) is 36.7 Å². The summed E-state index contributed by atoms with van der Waals surface area (Å²) in [6.07, 6.45) is 3.21. The van der Waals surface area contributed by atoms with Gasteiger partial charge < -0.3 is 5.32 Å². The van der Waals surface area contributed by atoms with E-state index in [0.717, 1.165) is 0 Å². The molecule has 0 aliphatic carbocycles. The van der Waals surface area contributed by atoms with Crippen LogP contribution in [0.1, 0.15) is 10.4 Å². The molecule has 1 heterocycles. The second-order valence-electron chi connectivity index (χ2n) is 4.51. The van der Waals surface area contributed by atoms with Gasteiger partial charge in [-0.1, -0.05) is 22.9 Å². The molecule has 0 unspecified atom stereocenters. The van der Waals surface area contributed by atoms with Crippen LogP contribution in [0.4, 0.5) is 10.1 Å². The molecule has 110 valence electrons. The fourth-order valence-corrected chi connectivity index (χ4v) is 2.19. The Labute approximate surface area is 130 Å². The van der Waals surface area contributed by atoms with Gasteiger partial charge in [-0.25, -0.2) is 9.07 Å². The van der Waals surface area contributed by atoms with Crippen molar-refractivity contribution in [1.29, 1.82) is 0 Å². The summed E-state index contributed by atoms with van der Waals surface area (Å²) in [6.45, 7) is 0. The number of hydrogen-bond donors (Lipinski definition) is 1. The fourth-order valence-electron chi connectivity index (χ4n) is 1.96. The Morgan fingerprint density at radius 1 is 1.23 bits per heavy atom. The minimum absolute atomic E-state index is 0.215. The summed E-state index contributed by atoms with van der Waals surface area (Å²) in [7, 11) is 0. The maximum Gasteiger partial charge on any atom is 0.255 e. The third-order valence-electron chi connectivity index (χ3n) is 2.92. The summed E-state index contributed by atoms with van der Waals surface area (Å²) in [5.41, 5.74) is 1.40. The van der Waals surface area contributed by atoms with Crippen LogP contribution in [0.3, 0.4) is 0 Å².